The fraction of sp³-hybridized carbons (Fsp3) is 0.703. The van der Waals surface area contributed by atoms with Crippen molar-refractivity contribution in [3.8, 4) is 0 Å². The Hall–Kier alpha value is -1.87. The topological polar surface area (TPSA) is 32.3 Å². The summed E-state index contributed by atoms with van der Waals surface area (Å²) in [5, 5.41) is 3.74. The Morgan fingerprint density at radius 1 is 1.02 bits per heavy atom. The van der Waals surface area contributed by atoms with Crippen molar-refractivity contribution in [2.75, 3.05) is 24.5 Å². The van der Waals surface area contributed by atoms with Crippen molar-refractivity contribution in [3.05, 3.63) is 53.6 Å². The van der Waals surface area contributed by atoms with E-state index in [1.165, 1.54) is 81.9 Å². The normalized spacial score (nSPS) is 22.7. The molecule has 0 aromatic heterocycles. The number of hydrogen-bond donors (Lipinski definition) is 1. The van der Waals surface area contributed by atoms with Crippen molar-refractivity contribution in [3.63, 3.8) is 0 Å². The summed E-state index contributed by atoms with van der Waals surface area (Å²) >= 11 is 0. The minimum absolute atomic E-state index is 0.0116. The summed E-state index contributed by atoms with van der Waals surface area (Å²) in [5.41, 5.74) is 3.43. The molecule has 2 aliphatic carbocycles. The summed E-state index contributed by atoms with van der Waals surface area (Å²) in [5.74, 6) is 2.02. The number of nitrogens with zero attached hydrogens (tertiary/aromatic N) is 1. The Morgan fingerprint density at radius 2 is 1.75 bits per heavy atom. The Kier molecular flexibility index (Phi) is 18.9. The van der Waals surface area contributed by atoms with Crippen LogP contribution in [0.25, 0.3) is 0 Å². The highest BCUT2D eigenvalue weighted by Gasteiger charge is 2.35. The van der Waals surface area contributed by atoms with Gasteiger partial charge in [0.05, 0.1) is 0 Å². The molecule has 0 bridgehead atoms. The summed E-state index contributed by atoms with van der Waals surface area (Å²) in [7, 11) is 0. The van der Waals surface area contributed by atoms with Crippen LogP contribution < -0.4 is 10.2 Å². The van der Waals surface area contributed by atoms with Gasteiger partial charge in [0.1, 0.15) is 6.29 Å². The molecule has 1 aliphatic heterocycles. The van der Waals surface area contributed by atoms with Gasteiger partial charge in [0.2, 0.25) is 0 Å². The molecule has 3 heteroatoms. The number of rotatable bonds is 9. The van der Waals surface area contributed by atoms with Crippen LogP contribution in [-0.4, -0.2) is 31.5 Å². The lowest BCUT2D eigenvalue weighted by atomic mass is 9.82. The van der Waals surface area contributed by atoms with E-state index < -0.39 is 0 Å². The number of unbranched alkanes of at least 4 members (excludes halogenated alkanes) is 3. The highest BCUT2D eigenvalue weighted by atomic mass is 16.1. The molecular formula is C37H64N2O. The molecule has 4 rings (SSSR count). The molecule has 1 saturated heterocycles. The van der Waals surface area contributed by atoms with Crippen molar-refractivity contribution >= 4 is 12.0 Å². The molecule has 0 radical (unpaired) electrons. The standard InChI is InChI=1S/C25H36N2O.C8H16.2C2H6/c1-4-5-6-7-10-20(2)23-13-12-21(19-28)17-24(23)27-16-15-26-25(3)14-9-8-11-22(25)18-27;1-2-8-6-4-3-5-7-8;2*1-2/h8-9,11-14,17,19-20,22,26H,4-7,10,15-16,18H2,1-3H3;8H,2-7H2,1H3;2*1-2H3. The number of carbonyl (C=O) groups is 1. The third-order valence-electron chi connectivity index (χ3n) is 8.83. The van der Waals surface area contributed by atoms with E-state index in [0.717, 1.165) is 37.4 Å². The second-order valence-electron chi connectivity index (χ2n) is 11.6. The largest absolute Gasteiger partial charge is 0.369 e. The van der Waals surface area contributed by atoms with Crippen molar-refractivity contribution in [1.82, 2.24) is 5.32 Å². The Morgan fingerprint density at radius 3 is 2.38 bits per heavy atom. The first-order chi connectivity index (χ1) is 19.5. The van der Waals surface area contributed by atoms with E-state index in [4.69, 9.17) is 0 Å². The lowest BCUT2D eigenvalue weighted by molar-refractivity contribution is 0.112. The Bertz CT molecular complexity index is 854. The first kappa shape index (κ1) is 36.2. The first-order valence-corrected chi connectivity index (χ1v) is 17.0. The maximum atomic E-state index is 11.5. The SMILES string of the molecule is CC.CC.CCC1CCCCC1.CCCCCCC(C)c1ccc(C=O)cc1N1CCNC2(C)C=CC=CC2C1. The lowest BCUT2D eigenvalue weighted by Gasteiger charge is -2.36. The van der Waals surface area contributed by atoms with Gasteiger partial charge in [-0.25, -0.2) is 0 Å². The Balaban J connectivity index is 0.000000561. The summed E-state index contributed by atoms with van der Waals surface area (Å²) < 4.78 is 0. The number of aldehydes is 1. The maximum absolute atomic E-state index is 11.5. The molecule has 228 valence electrons. The second-order valence-corrected chi connectivity index (χ2v) is 11.6. The van der Waals surface area contributed by atoms with Crippen LogP contribution in [0.4, 0.5) is 5.69 Å². The molecule has 1 saturated carbocycles. The minimum atomic E-state index is 0.0116. The van der Waals surface area contributed by atoms with Crippen molar-refractivity contribution in [2.45, 2.75) is 137 Å². The first-order valence-electron chi connectivity index (χ1n) is 17.0. The second kappa shape index (κ2) is 20.9. The zero-order valence-electron chi connectivity index (χ0n) is 27.6. The number of fused-ring (bicyclic) bond motifs is 1. The average molecular weight is 553 g/mol. The van der Waals surface area contributed by atoms with Crippen LogP contribution in [-0.2, 0) is 0 Å². The zero-order chi connectivity index (χ0) is 29.8. The fourth-order valence-electron chi connectivity index (χ4n) is 6.18. The molecular weight excluding hydrogens is 488 g/mol. The number of nitrogens with one attached hydrogen (secondary N) is 1. The summed E-state index contributed by atoms with van der Waals surface area (Å²) in [6.07, 6.45) is 25.2. The third-order valence-corrected chi connectivity index (χ3v) is 8.83. The molecule has 0 spiro atoms. The summed E-state index contributed by atoms with van der Waals surface area (Å²) in [6.45, 7) is 20.1. The van der Waals surface area contributed by atoms with E-state index in [9.17, 15) is 4.79 Å². The number of carbonyl (C=O) groups excluding carboxylic acids is 1. The molecule has 3 nitrogen and oxygen atoms in total. The molecule has 2 fully saturated rings. The van der Waals surface area contributed by atoms with Crippen LogP contribution in [0.2, 0.25) is 0 Å². The van der Waals surface area contributed by atoms with E-state index in [0.29, 0.717) is 11.8 Å². The van der Waals surface area contributed by atoms with Crippen molar-refractivity contribution in [1.29, 1.82) is 0 Å². The molecule has 3 unspecified atom stereocenters. The molecule has 3 aliphatic rings. The van der Waals surface area contributed by atoms with Gasteiger partial charge in [-0.15, -0.1) is 0 Å². The van der Waals surface area contributed by atoms with Gasteiger partial charge in [-0.2, -0.15) is 0 Å². The average Bonchev–Trinajstić information content (AvgIpc) is 3.20. The van der Waals surface area contributed by atoms with Crippen LogP contribution in [0.5, 0.6) is 0 Å². The van der Waals surface area contributed by atoms with E-state index in [1.807, 2.05) is 33.8 Å². The predicted octanol–water partition coefficient (Wildman–Crippen LogP) is 10.5. The summed E-state index contributed by atoms with van der Waals surface area (Å²) in [4.78, 5) is 14.0. The van der Waals surface area contributed by atoms with Gasteiger partial charge >= 0.3 is 0 Å². The minimum Gasteiger partial charge on any atom is -0.369 e. The monoisotopic (exact) mass is 553 g/mol. The predicted molar refractivity (Wildman–Crippen MR) is 179 cm³/mol. The molecule has 40 heavy (non-hydrogen) atoms. The quantitative estimate of drug-likeness (QED) is 0.244. The van der Waals surface area contributed by atoms with Crippen LogP contribution in [0.3, 0.4) is 0 Å². The van der Waals surface area contributed by atoms with Crippen molar-refractivity contribution < 1.29 is 4.79 Å². The van der Waals surface area contributed by atoms with Crippen LogP contribution in [0.1, 0.15) is 148 Å². The van der Waals surface area contributed by atoms with E-state index >= 15 is 0 Å². The highest BCUT2D eigenvalue weighted by Crippen LogP contribution is 2.35. The van der Waals surface area contributed by atoms with Gasteiger partial charge in [0.15, 0.2) is 0 Å². The van der Waals surface area contributed by atoms with Crippen LogP contribution in [0.15, 0.2) is 42.5 Å². The number of hydrogen-bond acceptors (Lipinski definition) is 3. The molecule has 1 heterocycles. The lowest BCUT2D eigenvalue weighted by Crippen LogP contribution is -2.47. The number of anilines is 1. The number of allylic oxidation sites excluding steroid dienone is 2. The van der Waals surface area contributed by atoms with Gasteiger partial charge in [0, 0.05) is 42.3 Å². The highest BCUT2D eigenvalue weighted by molar-refractivity contribution is 5.78. The van der Waals surface area contributed by atoms with E-state index in [1.54, 1.807) is 0 Å². The van der Waals surface area contributed by atoms with Crippen LogP contribution in [0, 0.1) is 11.8 Å². The Labute approximate surface area is 249 Å². The molecule has 1 aromatic carbocycles. The fourth-order valence-corrected chi connectivity index (χ4v) is 6.18. The molecule has 3 atom stereocenters. The van der Waals surface area contributed by atoms with Gasteiger partial charge < -0.3 is 10.2 Å². The maximum Gasteiger partial charge on any atom is 0.150 e. The smallest absolute Gasteiger partial charge is 0.150 e. The molecule has 0 amide bonds. The zero-order valence-corrected chi connectivity index (χ0v) is 27.6. The van der Waals surface area contributed by atoms with Gasteiger partial charge in [0.25, 0.3) is 0 Å². The van der Waals surface area contributed by atoms with Crippen LogP contribution >= 0.6 is 0 Å². The summed E-state index contributed by atoms with van der Waals surface area (Å²) in [6, 6.07) is 6.28. The number of benzene rings is 1. The molecule has 1 aromatic rings. The van der Waals surface area contributed by atoms with Gasteiger partial charge in [-0.1, -0.05) is 149 Å². The third kappa shape index (κ3) is 11.6. The van der Waals surface area contributed by atoms with E-state index in [2.05, 4.69) is 74.3 Å². The van der Waals surface area contributed by atoms with Gasteiger partial charge in [-0.05, 0) is 36.8 Å². The van der Waals surface area contributed by atoms with Gasteiger partial charge in [-0.3, -0.25) is 4.79 Å². The molecule has 1 N–H and O–H groups in total. The van der Waals surface area contributed by atoms with Crippen molar-refractivity contribution in [2.24, 2.45) is 11.8 Å². The van der Waals surface area contributed by atoms with E-state index in [-0.39, 0.29) is 5.54 Å².